The van der Waals surface area contributed by atoms with Gasteiger partial charge < -0.3 is 16.4 Å². The molecule has 0 saturated heterocycles. The first-order valence-corrected chi connectivity index (χ1v) is 5.86. The molecule has 0 fully saturated rings. The van der Waals surface area contributed by atoms with E-state index in [9.17, 15) is 9.18 Å². The maximum atomic E-state index is 12.9. The van der Waals surface area contributed by atoms with Gasteiger partial charge in [-0.15, -0.1) is 0 Å². The zero-order valence-electron chi connectivity index (χ0n) is 11.0. The van der Waals surface area contributed by atoms with Gasteiger partial charge in [0.2, 0.25) is 0 Å². The molecule has 0 aliphatic heterocycles. The summed E-state index contributed by atoms with van der Waals surface area (Å²) in [7, 11) is 0. The summed E-state index contributed by atoms with van der Waals surface area (Å²) in [6.45, 7) is 6.33. The van der Waals surface area contributed by atoms with Crippen molar-refractivity contribution in [3.05, 3.63) is 30.1 Å². The Kier molecular flexibility index (Phi) is 4.67. The van der Waals surface area contributed by atoms with Gasteiger partial charge in [-0.3, -0.25) is 0 Å². The number of nitrogens with two attached hydrogens (primary N) is 1. The number of benzene rings is 1. The third-order valence-electron chi connectivity index (χ3n) is 2.67. The molecule has 100 valence electrons. The predicted octanol–water partition coefficient (Wildman–Crippen LogP) is 2.32. The first kappa shape index (κ1) is 14.4. The summed E-state index contributed by atoms with van der Waals surface area (Å²) in [5.41, 5.74) is 5.91. The van der Waals surface area contributed by atoms with Gasteiger partial charge in [-0.05, 0) is 23.6 Å². The van der Waals surface area contributed by atoms with Crippen LogP contribution >= 0.6 is 0 Å². The van der Waals surface area contributed by atoms with Crippen LogP contribution in [0.4, 0.5) is 14.9 Å². The minimum Gasteiger partial charge on any atom is -0.333 e. The number of carbonyl (C=O) groups excluding carboxylic acids is 1. The topological polar surface area (TPSA) is 67.1 Å². The maximum Gasteiger partial charge on any atom is 0.319 e. The number of urea groups is 1. The summed E-state index contributed by atoms with van der Waals surface area (Å²) in [6.07, 6.45) is 0. The van der Waals surface area contributed by atoms with Gasteiger partial charge in [0.25, 0.3) is 0 Å². The Morgan fingerprint density at radius 3 is 2.61 bits per heavy atom. The Labute approximate surface area is 107 Å². The standard InChI is InChI=1S/C13H20FN3O/c1-13(2,3)11(8-15)17-12(18)16-10-6-4-5-9(14)7-10/h4-7,11H,8,15H2,1-3H3,(H2,16,17,18). The molecule has 0 aliphatic carbocycles. The first-order chi connectivity index (χ1) is 8.32. The number of halogens is 1. The number of nitrogens with one attached hydrogen (secondary N) is 2. The molecule has 0 heterocycles. The lowest BCUT2D eigenvalue weighted by Crippen LogP contribution is -2.49. The largest absolute Gasteiger partial charge is 0.333 e. The van der Waals surface area contributed by atoms with E-state index in [2.05, 4.69) is 10.6 Å². The van der Waals surface area contributed by atoms with Crippen molar-refractivity contribution in [1.29, 1.82) is 0 Å². The Bertz CT molecular complexity index is 415. The molecule has 4 nitrogen and oxygen atoms in total. The second kappa shape index (κ2) is 5.82. The van der Waals surface area contributed by atoms with Gasteiger partial charge >= 0.3 is 6.03 Å². The van der Waals surface area contributed by atoms with Crippen LogP contribution in [0.5, 0.6) is 0 Å². The van der Waals surface area contributed by atoms with Gasteiger partial charge in [0.05, 0.1) is 0 Å². The molecule has 2 amide bonds. The van der Waals surface area contributed by atoms with E-state index in [1.165, 1.54) is 18.2 Å². The second-order valence-corrected chi connectivity index (χ2v) is 5.26. The number of carbonyl (C=O) groups is 1. The zero-order valence-corrected chi connectivity index (χ0v) is 11.0. The van der Waals surface area contributed by atoms with Gasteiger partial charge in [-0.1, -0.05) is 26.8 Å². The molecule has 4 N–H and O–H groups in total. The molecule has 1 aromatic carbocycles. The Hall–Kier alpha value is -1.62. The van der Waals surface area contributed by atoms with Crippen molar-refractivity contribution in [2.75, 3.05) is 11.9 Å². The van der Waals surface area contributed by atoms with Crippen LogP contribution in [0.2, 0.25) is 0 Å². The first-order valence-electron chi connectivity index (χ1n) is 5.86. The minimum absolute atomic E-state index is 0.131. The second-order valence-electron chi connectivity index (χ2n) is 5.26. The normalized spacial score (nSPS) is 12.9. The van der Waals surface area contributed by atoms with E-state index in [0.717, 1.165) is 0 Å². The molecule has 0 saturated carbocycles. The molecule has 0 spiro atoms. The van der Waals surface area contributed by atoms with Crippen molar-refractivity contribution in [3.8, 4) is 0 Å². The van der Waals surface area contributed by atoms with Gasteiger partial charge in [0.1, 0.15) is 5.82 Å². The van der Waals surface area contributed by atoms with Crippen LogP contribution in [-0.4, -0.2) is 18.6 Å². The highest BCUT2D eigenvalue weighted by Gasteiger charge is 2.24. The van der Waals surface area contributed by atoms with Gasteiger partial charge in [0.15, 0.2) is 0 Å². The van der Waals surface area contributed by atoms with Crippen LogP contribution < -0.4 is 16.4 Å². The molecular formula is C13H20FN3O. The highest BCUT2D eigenvalue weighted by molar-refractivity contribution is 5.89. The molecule has 18 heavy (non-hydrogen) atoms. The lowest BCUT2D eigenvalue weighted by Gasteiger charge is -2.30. The molecule has 0 radical (unpaired) electrons. The molecule has 1 unspecified atom stereocenters. The average Bonchev–Trinajstić information content (AvgIpc) is 2.24. The Morgan fingerprint density at radius 1 is 1.44 bits per heavy atom. The van der Waals surface area contributed by atoms with Crippen molar-refractivity contribution in [2.24, 2.45) is 11.1 Å². The van der Waals surface area contributed by atoms with Crippen molar-refractivity contribution < 1.29 is 9.18 Å². The number of hydrogen-bond donors (Lipinski definition) is 3. The van der Waals surface area contributed by atoms with Crippen molar-refractivity contribution >= 4 is 11.7 Å². The summed E-state index contributed by atoms with van der Waals surface area (Å²) in [4.78, 5) is 11.7. The van der Waals surface area contributed by atoms with Gasteiger partial charge in [0, 0.05) is 18.3 Å². The molecule has 1 aromatic rings. The van der Waals surface area contributed by atoms with E-state index >= 15 is 0 Å². The van der Waals surface area contributed by atoms with E-state index in [4.69, 9.17) is 5.73 Å². The van der Waals surface area contributed by atoms with Crippen molar-refractivity contribution in [3.63, 3.8) is 0 Å². The fourth-order valence-electron chi connectivity index (χ4n) is 1.52. The molecular weight excluding hydrogens is 233 g/mol. The molecule has 0 bridgehead atoms. The quantitative estimate of drug-likeness (QED) is 0.774. The molecule has 0 aromatic heterocycles. The maximum absolute atomic E-state index is 12.9. The average molecular weight is 253 g/mol. The van der Waals surface area contributed by atoms with E-state index in [1.54, 1.807) is 6.07 Å². The SMILES string of the molecule is CC(C)(C)C(CN)NC(=O)Nc1cccc(F)c1. The summed E-state index contributed by atoms with van der Waals surface area (Å²) in [6, 6.07) is 5.21. The highest BCUT2D eigenvalue weighted by Crippen LogP contribution is 2.18. The lowest BCUT2D eigenvalue weighted by atomic mass is 9.87. The number of amides is 2. The van der Waals surface area contributed by atoms with Crippen molar-refractivity contribution in [1.82, 2.24) is 5.32 Å². The third kappa shape index (κ3) is 4.33. The fraction of sp³-hybridized carbons (Fsp3) is 0.462. The fourth-order valence-corrected chi connectivity index (χ4v) is 1.52. The van der Waals surface area contributed by atoms with Gasteiger partial charge in [-0.2, -0.15) is 0 Å². The molecule has 0 aliphatic rings. The Balaban J connectivity index is 2.61. The van der Waals surface area contributed by atoms with Crippen LogP contribution in [0.3, 0.4) is 0 Å². The van der Waals surface area contributed by atoms with E-state index in [0.29, 0.717) is 12.2 Å². The minimum atomic E-state index is -0.390. The summed E-state index contributed by atoms with van der Waals surface area (Å²) < 4.78 is 12.9. The third-order valence-corrected chi connectivity index (χ3v) is 2.67. The van der Waals surface area contributed by atoms with E-state index in [-0.39, 0.29) is 23.3 Å². The van der Waals surface area contributed by atoms with Crippen LogP contribution in [0.15, 0.2) is 24.3 Å². The summed E-state index contributed by atoms with van der Waals surface area (Å²) >= 11 is 0. The Morgan fingerprint density at radius 2 is 2.11 bits per heavy atom. The zero-order chi connectivity index (χ0) is 13.8. The van der Waals surface area contributed by atoms with Gasteiger partial charge in [-0.25, -0.2) is 9.18 Å². The highest BCUT2D eigenvalue weighted by atomic mass is 19.1. The molecule has 5 heteroatoms. The van der Waals surface area contributed by atoms with Crippen LogP contribution in [-0.2, 0) is 0 Å². The van der Waals surface area contributed by atoms with Crippen molar-refractivity contribution in [2.45, 2.75) is 26.8 Å². The smallest absolute Gasteiger partial charge is 0.319 e. The number of anilines is 1. The summed E-state index contributed by atoms with van der Waals surface area (Å²) in [5, 5.41) is 5.35. The van der Waals surface area contributed by atoms with Crippen LogP contribution in [0.1, 0.15) is 20.8 Å². The number of hydrogen-bond acceptors (Lipinski definition) is 2. The van der Waals surface area contributed by atoms with Crippen LogP contribution in [0.25, 0.3) is 0 Å². The van der Waals surface area contributed by atoms with E-state index < -0.39 is 0 Å². The lowest BCUT2D eigenvalue weighted by molar-refractivity contribution is 0.230. The van der Waals surface area contributed by atoms with E-state index in [1.807, 2.05) is 20.8 Å². The number of rotatable bonds is 3. The molecule has 1 atom stereocenters. The van der Waals surface area contributed by atoms with Crippen LogP contribution in [0, 0.1) is 11.2 Å². The summed E-state index contributed by atoms with van der Waals surface area (Å²) in [5.74, 6) is -0.390. The predicted molar refractivity (Wildman–Crippen MR) is 70.9 cm³/mol. The monoisotopic (exact) mass is 253 g/mol. The molecule has 1 rings (SSSR count).